The Labute approximate surface area is 184 Å². The number of aromatic nitrogens is 2. The molecule has 1 saturated carbocycles. The zero-order valence-corrected chi connectivity index (χ0v) is 18.4. The lowest BCUT2D eigenvalue weighted by molar-refractivity contribution is -0.136. The van der Waals surface area contributed by atoms with Crippen molar-refractivity contribution in [2.45, 2.75) is 51.7 Å². The Hall–Kier alpha value is -2.67. The van der Waals surface area contributed by atoms with Gasteiger partial charge in [0.1, 0.15) is 12.4 Å². The summed E-state index contributed by atoms with van der Waals surface area (Å²) in [4.78, 5) is 26.0. The molecule has 2 heterocycles. The number of benzene rings is 1. The van der Waals surface area contributed by atoms with Gasteiger partial charge >= 0.3 is 0 Å². The molecule has 1 saturated heterocycles. The predicted molar refractivity (Wildman–Crippen MR) is 122 cm³/mol. The molecule has 7 nitrogen and oxygen atoms in total. The molecular formula is C24H33N5O2. The number of piperazine rings is 1. The van der Waals surface area contributed by atoms with Gasteiger partial charge in [0, 0.05) is 44.0 Å². The molecule has 1 aliphatic heterocycles. The quantitative estimate of drug-likeness (QED) is 0.736. The Morgan fingerprint density at radius 1 is 1.06 bits per heavy atom. The first-order valence-corrected chi connectivity index (χ1v) is 11.4. The normalized spacial score (nSPS) is 17.6. The number of aryl methyl sites for hydroxylation is 1. The first-order chi connectivity index (χ1) is 15.2. The van der Waals surface area contributed by atoms with Crippen molar-refractivity contribution in [2.24, 2.45) is 0 Å². The number of rotatable bonds is 7. The Bertz CT molecular complexity index is 846. The van der Waals surface area contributed by atoms with Crippen LogP contribution in [0.5, 0.6) is 0 Å². The molecule has 0 spiro atoms. The Balaban J connectivity index is 1.26. The molecule has 166 valence electrons. The standard InChI is InChI=1S/C24H33N5O2/c1-19-16-22(27-24(25-19)26-21-10-6-3-7-11-21)28-12-14-29(15-13-28)23(30)18-31-17-20-8-4-2-5-9-20/h2,4-5,8-9,16,21H,3,6-7,10-15,17-18H2,1H3,(H,25,26,27). The number of ether oxygens (including phenoxy) is 1. The first-order valence-electron chi connectivity index (χ1n) is 11.4. The Morgan fingerprint density at radius 3 is 2.55 bits per heavy atom. The Morgan fingerprint density at radius 2 is 1.81 bits per heavy atom. The van der Waals surface area contributed by atoms with Crippen LogP contribution in [-0.2, 0) is 16.1 Å². The van der Waals surface area contributed by atoms with E-state index in [2.05, 4.69) is 15.2 Å². The summed E-state index contributed by atoms with van der Waals surface area (Å²) in [5.74, 6) is 1.72. The van der Waals surface area contributed by atoms with Crippen LogP contribution in [-0.4, -0.2) is 59.6 Å². The zero-order chi connectivity index (χ0) is 21.5. The lowest BCUT2D eigenvalue weighted by atomic mass is 9.96. The number of carbonyl (C=O) groups is 1. The van der Waals surface area contributed by atoms with Gasteiger partial charge in [-0.2, -0.15) is 4.98 Å². The lowest BCUT2D eigenvalue weighted by Gasteiger charge is -2.35. The molecule has 1 N–H and O–H groups in total. The predicted octanol–water partition coefficient (Wildman–Crippen LogP) is 3.40. The highest BCUT2D eigenvalue weighted by Gasteiger charge is 2.23. The van der Waals surface area contributed by atoms with Gasteiger partial charge in [-0.25, -0.2) is 4.98 Å². The second-order valence-corrected chi connectivity index (χ2v) is 8.52. The summed E-state index contributed by atoms with van der Waals surface area (Å²) >= 11 is 0. The number of amides is 1. The van der Waals surface area contributed by atoms with Crippen molar-refractivity contribution in [3.8, 4) is 0 Å². The van der Waals surface area contributed by atoms with E-state index in [4.69, 9.17) is 9.72 Å². The maximum atomic E-state index is 12.5. The van der Waals surface area contributed by atoms with Gasteiger partial charge < -0.3 is 19.9 Å². The third-order valence-corrected chi connectivity index (χ3v) is 6.07. The van der Waals surface area contributed by atoms with E-state index in [1.54, 1.807) is 0 Å². The third kappa shape index (κ3) is 6.17. The van der Waals surface area contributed by atoms with Crippen molar-refractivity contribution in [3.63, 3.8) is 0 Å². The fourth-order valence-electron chi connectivity index (χ4n) is 4.31. The summed E-state index contributed by atoms with van der Waals surface area (Å²) in [7, 11) is 0. The molecule has 1 amide bonds. The largest absolute Gasteiger partial charge is 0.367 e. The maximum Gasteiger partial charge on any atom is 0.248 e. The second-order valence-electron chi connectivity index (χ2n) is 8.52. The molecule has 1 aliphatic carbocycles. The highest BCUT2D eigenvalue weighted by Crippen LogP contribution is 2.22. The number of anilines is 2. The minimum atomic E-state index is 0.0501. The molecule has 1 aromatic heterocycles. The molecule has 0 unspecified atom stereocenters. The maximum absolute atomic E-state index is 12.5. The lowest BCUT2D eigenvalue weighted by Crippen LogP contribution is -2.50. The van der Waals surface area contributed by atoms with E-state index in [0.29, 0.717) is 25.7 Å². The van der Waals surface area contributed by atoms with E-state index in [9.17, 15) is 4.79 Å². The van der Waals surface area contributed by atoms with Gasteiger partial charge in [0.2, 0.25) is 11.9 Å². The van der Waals surface area contributed by atoms with Crippen LogP contribution in [0.3, 0.4) is 0 Å². The van der Waals surface area contributed by atoms with Gasteiger partial charge in [0.25, 0.3) is 0 Å². The molecule has 2 fully saturated rings. The van der Waals surface area contributed by atoms with Gasteiger partial charge in [-0.3, -0.25) is 4.79 Å². The van der Waals surface area contributed by atoms with Gasteiger partial charge in [-0.15, -0.1) is 0 Å². The van der Waals surface area contributed by atoms with E-state index in [0.717, 1.165) is 36.1 Å². The van der Waals surface area contributed by atoms with Crippen molar-refractivity contribution in [3.05, 3.63) is 47.7 Å². The molecule has 0 bridgehead atoms. The minimum Gasteiger partial charge on any atom is -0.367 e. The molecule has 2 aromatic rings. The number of nitrogens with zero attached hydrogens (tertiary/aromatic N) is 4. The monoisotopic (exact) mass is 423 g/mol. The first kappa shape index (κ1) is 21.6. The number of hydrogen-bond donors (Lipinski definition) is 1. The molecule has 7 heteroatoms. The smallest absolute Gasteiger partial charge is 0.248 e. The van der Waals surface area contributed by atoms with Crippen LogP contribution in [0.15, 0.2) is 36.4 Å². The summed E-state index contributed by atoms with van der Waals surface area (Å²) in [5, 5.41) is 3.53. The van der Waals surface area contributed by atoms with E-state index in [1.165, 1.54) is 32.1 Å². The zero-order valence-electron chi connectivity index (χ0n) is 18.4. The third-order valence-electron chi connectivity index (χ3n) is 6.07. The Kier molecular flexibility index (Phi) is 7.35. The molecule has 31 heavy (non-hydrogen) atoms. The van der Waals surface area contributed by atoms with Gasteiger partial charge in [-0.05, 0) is 25.3 Å². The van der Waals surface area contributed by atoms with Crippen LogP contribution in [0.2, 0.25) is 0 Å². The second kappa shape index (κ2) is 10.6. The summed E-state index contributed by atoms with van der Waals surface area (Å²) in [6, 6.07) is 12.5. The molecule has 4 rings (SSSR count). The average Bonchev–Trinajstić information content (AvgIpc) is 2.80. The van der Waals surface area contributed by atoms with E-state index < -0.39 is 0 Å². The summed E-state index contributed by atoms with van der Waals surface area (Å²) in [5.41, 5.74) is 2.05. The van der Waals surface area contributed by atoms with Crippen LogP contribution in [0.25, 0.3) is 0 Å². The number of hydrogen-bond acceptors (Lipinski definition) is 6. The van der Waals surface area contributed by atoms with Crippen molar-refractivity contribution in [1.82, 2.24) is 14.9 Å². The molecule has 1 aromatic carbocycles. The van der Waals surface area contributed by atoms with Gasteiger partial charge in [0.15, 0.2) is 0 Å². The number of carbonyl (C=O) groups excluding carboxylic acids is 1. The molecule has 2 aliphatic rings. The average molecular weight is 424 g/mol. The van der Waals surface area contributed by atoms with Crippen LogP contribution < -0.4 is 10.2 Å². The van der Waals surface area contributed by atoms with Crippen molar-refractivity contribution in [2.75, 3.05) is 43.0 Å². The minimum absolute atomic E-state index is 0.0501. The van der Waals surface area contributed by atoms with E-state index >= 15 is 0 Å². The van der Waals surface area contributed by atoms with Crippen LogP contribution in [0.1, 0.15) is 43.4 Å². The summed E-state index contributed by atoms with van der Waals surface area (Å²) in [6.07, 6.45) is 6.28. The SMILES string of the molecule is Cc1cc(N2CCN(C(=O)COCc3ccccc3)CC2)nc(NC2CCCCC2)n1. The number of nitrogens with one attached hydrogen (secondary N) is 1. The topological polar surface area (TPSA) is 70.6 Å². The van der Waals surface area contributed by atoms with Gasteiger partial charge in [-0.1, -0.05) is 49.6 Å². The van der Waals surface area contributed by atoms with Crippen LogP contribution in [0.4, 0.5) is 11.8 Å². The fraction of sp³-hybridized carbons (Fsp3) is 0.542. The van der Waals surface area contributed by atoms with E-state index in [1.807, 2.05) is 48.2 Å². The van der Waals surface area contributed by atoms with Crippen molar-refractivity contribution in [1.29, 1.82) is 0 Å². The van der Waals surface area contributed by atoms with Crippen LogP contribution in [0, 0.1) is 6.92 Å². The van der Waals surface area contributed by atoms with Crippen molar-refractivity contribution >= 4 is 17.7 Å². The molecule has 0 radical (unpaired) electrons. The molecule has 0 atom stereocenters. The highest BCUT2D eigenvalue weighted by molar-refractivity contribution is 5.77. The highest BCUT2D eigenvalue weighted by atomic mass is 16.5. The van der Waals surface area contributed by atoms with Gasteiger partial charge in [0.05, 0.1) is 6.61 Å². The summed E-state index contributed by atoms with van der Waals surface area (Å²) < 4.78 is 5.62. The van der Waals surface area contributed by atoms with Crippen molar-refractivity contribution < 1.29 is 9.53 Å². The fourth-order valence-corrected chi connectivity index (χ4v) is 4.31. The summed E-state index contributed by atoms with van der Waals surface area (Å²) in [6.45, 7) is 5.50. The molecular weight excluding hydrogens is 390 g/mol. The van der Waals surface area contributed by atoms with Crippen LogP contribution >= 0.6 is 0 Å². The van der Waals surface area contributed by atoms with E-state index in [-0.39, 0.29) is 12.5 Å².